The van der Waals surface area contributed by atoms with Crippen molar-refractivity contribution >= 4 is 0 Å². The lowest BCUT2D eigenvalue weighted by molar-refractivity contribution is -0.293. The van der Waals surface area contributed by atoms with E-state index in [9.17, 15) is 10.2 Å². The van der Waals surface area contributed by atoms with Crippen LogP contribution in [0.2, 0.25) is 0 Å². The van der Waals surface area contributed by atoms with Crippen molar-refractivity contribution in [2.45, 2.75) is 107 Å². The van der Waals surface area contributed by atoms with Crippen LogP contribution in [0.25, 0.3) is 0 Å². The minimum atomic E-state index is -1.18. The van der Waals surface area contributed by atoms with E-state index in [4.69, 9.17) is 37.9 Å². The summed E-state index contributed by atoms with van der Waals surface area (Å²) in [4.78, 5) is 0. The quantitative estimate of drug-likeness (QED) is 0.0690. The second-order valence-corrected chi connectivity index (χ2v) is 16.6. The molecule has 0 aromatic heterocycles. The average molecular weight is 881 g/mol. The molecule has 2 heterocycles. The van der Waals surface area contributed by atoms with Crippen molar-refractivity contribution in [3.63, 3.8) is 0 Å². The lowest BCUT2D eigenvalue weighted by atomic mass is 9.87. The molecule has 0 amide bonds. The second kappa shape index (κ2) is 24.4. The van der Waals surface area contributed by atoms with Crippen LogP contribution in [0.4, 0.5) is 0 Å². The molecule has 2 fully saturated rings. The maximum absolute atomic E-state index is 12.4. The van der Waals surface area contributed by atoms with Crippen molar-refractivity contribution in [1.29, 1.82) is 0 Å². The van der Waals surface area contributed by atoms with Gasteiger partial charge in [0.2, 0.25) is 0 Å². The molecule has 0 bridgehead atoms. The van der Waals surface area contributed by atoms with Crippen molar-refractivity contribution in [1.82, 2.24) is 0 Å². The van der Waals surface area contributed by atoms with Gasteiger partial charge >= 0.3 is 0 Å². The SMILES string of the molecule is OC[C@H]1O[C@H](C[C@H]2O[C@H](COCc3ccccc3)[C@@H](OCc3ccccc3)[C@H](OCc3ccccc3)[C@H]2OCc2ccccc2)[C@H](O)[C@@H](OCc2ccccc2)[C@@H]1OCc1ccccc1. The van der Waals surface area contributed by atoms with Crippen LogP contribution in [-0.2, 0) is 77.5 Å². The van der Waals surface area contributed by atoms with Gasteiger partial charge < -0.3 is 48.1 Å². The van der Waals surface area contributed by atoms with Gasteiger partial charge in [0.15, 0.2) is 0 Å². The standard InChI is InChI=1S/C55H60O10/c56-32-48-52(60-35-42-23-11-3-12-24-42)54(62-37-44-27-15-5-16-28-44)50(57)46(64-48)31-47-51(59-34-41-21-9-2-10-22-41)55(63-38-45-29-17-6-18-30-45)53(61-36-43-25-13-4-14-26-43)49(65-47)39-58-33-40-19-7-1-8-20-40/h1-30,46-57H,31-39H2/t46-,47-,48-,49-,50+,51+,52-,53-,54-,55-/m1/s1. The highest BCUT2D eigenvalue weighted by Crippen LogP contribution is 2.37. The van der Waals surface area contributed by atoms with Crippen LogP contribution in [0.3, 0.4) is 0 Å². The van der Waals surface area contributed by atoms with Crippen molar-refractivity contribution < 1.29 is 48.1 Å². The Morgan fingerprint density at radius 1 is 0.338 bits per heavy atom. The third kappa shape index (κ3) is 13.3. The zero-order valence-electron chi connectivity index (χ0n) is 36.6. The first-order valence-corrected chi connectivity index (χ1v) is 22.6. The molecule has 6 aromatic rings. The molecule has 0 unspecified atom stereocenters. The highest BCUT2D eigenvalue weighted by molar-refractivity contribution is 5.18. The molecule has 10 nitrogen and oxygen atoms in total. The smallest absolute Gasteiger partial charge is 0.115 e. The Labute approximate surface area is 382 Å². The van der Waals surface area contributed by atoms with E-state index in [2.05, 4.69) is 0 Å². The summed E-state index contributed by atoms with van der Waals surface area (Å²) in [6.07, 6.45) is -7.66. The van der Waals surface area contributed by atoms with Crippen molar-refractivity contribution in [2.75, 3.05) is 13.2 Å². The van der Waals surface area contributed by atoms with Crippen LogP contribution >= 0.6 is 0 Å². The summed E-state index contributed by atoms with van der Waals surface area (Å²) in [6.45, 7) is 1.52. The Bertz CT molecular complexity index is 2200. The molecule has 0 radical (unpaired) electrons. The number of rotatable bonds is 22. The molecule has 2 aliphatic rings. The van der Waals surface area contributed by atoms with Crippen LogP contribution in [0, 0.1) is 0 Å². The van der Waals surface area contributed by atoms with E-state index in [1.807, 2.05) is 182 Å². The predicted molar refractivity (Wildman–Crippen MR) is 246 cm³/mol. The fraction of sp³-hybridized carbons (Fsp3) is 0.345. The van der Waals surface area contributed by atoms with E-state index < -0.39 is 61.0 Å². The van der Waals surface area contributed by atoms with Crippen LogP contribution < -0.4 is 0 Å². The first kappa shape index (κ1) is 46.4. The molecule has 2 saturated heterocycles. The molecule has 0 aliphatic carbocycles. The van der Waals surface area contributed by atoms with Crippen LogP contribution in [-0.4, -0.2) is 84.5 Å². The highest BCUT2D eigenvalue weighted by Gasteiger charge is 2.52. The van der Waals surface area contributed by atoms with E-state index in [0.717, 1.165) is 33.4 Å². The summed E-state index contributed by atoms with van der Waals surface area (Å²) < 4.78 is 54.1. The largest absolute Gasteiger partial charge is 0.394 e. The average Bonchev–Trinajstić information content (AvgIpc) is 3.36. The first-order chi connectivity index (χ1) is 32.1. The van der Waals surface area contributed by atoms with Gasteiger partial charge in [-0.2, -0.15) is 0 Å². The van der Waals surface area contributed by atoms with Crippen LogP contribution in [0.15, 0.2) is 182 Å². The number of aliphatic hydroxyl groups is 2. The van der Waals surface area contributed by atoms with Crippen molar-refractivity contribution in [2.24, 2.45) is 0 Å². The molecule has 2 aliphatic heterocycles. The Morgan fingerprint density at radius 3 is 1.03 bits per heavy atom. The van der Waals surface area contributed by atoms with Gasteiger partial charge in [0.25, 0.3) is 0 Å². The first-order valence-electron chi connectivity index (χ1n) is 22.6. The minimum Gasteiger partial charge on any atom is -0.394 e. The van der Waals surface area contributed by atoms with E-state index in [1.165, 1.54) is 0 Å². The summed E-state index contributed by atoms with van der Waals surface area (Å²) in [5.74, 6) is 0. The number of hydrogen-bond acceptors (Lipinski definition) is 10. The molecule has 0 spiro atoms. The Balaban J connectivity index is 1.12. The number of ether oxygens (including phenoxy) is 8. The van der Waals surface area contributed by atoms with E-state index in [1.54, 1.807) is 0 Å². The highest BCUT2D eigenvalue weighted by atomic mass is 16.6. The molecular formula is C55H60O10. The van der Waals surface area contributed by atoms with E-state index in [0.29, 0.717) is 13.2 Å². The lowest BCUT2D eigenvalue weighted by Crippen LogP contribution is -2.64. The van der Waals surface area contributed by atoms with Crippen LogP contribution in [0.1, 0.15) is 39.8 Å². The van der Waals surface area contributed by atoms with Gasteiger partial charge in [-0.3, -0.25) is 0 Å². The summed E-state index contributed by atoms with van der Waals surface area (Å²) in [6, 6.07) is 59.6. The molecule has 10 atom stereocenters. The summed E-state index contributed by atoms with van der Waals surface area (Å²) in [5.41, 5.74) is 5.89. The van der Waals surface area contributed by atoms with Gasteiger partial charge in [-0.1, -0.05) is 182 Å². The number of hydrogen-bond donors (Lipinski definition) is 2. The maximum atomic E-state index is 12.4. The molecular weight excluding hydrogens is 821 g/mol. The molecule has 10 heteroatoms. The topological polar surface area (TPSA) is 114 Å². The van der Waals surface area contributed by atoms with Crippen molar-refractivity contribution in [3.8, 4) is 0 Å². The third-order valence-electron chi connectivity index (χ3n) is 12.0. The Hall–Kier alpha value is -5.08. The maximum Gasteiger partial charge on any atom is 0.115 e. The predicted octanol–water partition coefficient (Wildman–Crippen LogP) is 8.41. The number of aliphatic hydroxyl groups excluding tert-OH is 2. The molecule has 0 saturated carbocycles. The fourth-order valence-electron chi connectivity index (χ4n) is 8.57. The molecule has 65 heavy (non-hydrogen) atoms. The Kier molecular flexibility index (Phi) is 17.5. The van der Waals surface area contributed by atoms with Gasteiger partial charge in [0.1, 0.15) is 48.8 Å². The summed E-state index contributed by atoms with van der Waals surface area (Å²) in [7, 11) is 0. The summed E-state index contributed by atoms with van der Waals surface area (Å²) in [5, 5.41) is 23.4. The zero-order valence-corrected chi connectivity index (χ0v) is 36.6. The number of benzene rings is 6. The van der Waals surface area contributed by atoms with E-state index >= 15 is 0 Å². The monoisotopic (exact) mass is 880 g/mol. The minimum absolute atomic E-state index is 0.166. The fourth-order valence-corrected chi connectivity index (χ4v) is 8.57. The molecule has 340 valence electrons. The van der Waals surface area contributed by atoms with Gasteiger partial charge in [-0.25, -0.2) is 0 Å². The second-order valence-electron chi connectivity index (χ2n) is 16.6. The lowest BCUT2D eigenvalue weighted by Gasteiger charge is -2.49. The normalized spacial score (nSPS) is 25.6. The molecule has 6 aromatic carbocycles. The molecule has 8 rings (SSSR count). The summed E-state index contributed by atoms with van der Waals surface area (Å²) >= 11 is 0. The van der Waals surface area contributed by atoms with E-state index in [-0.39, 0.29) is 46.1 Å². The van der Waals surface area contributed by atoms with Gasteiger partial charge in [0.05, 0.1) is 65.1 Å². The van der Waals surface area contributed by atoms with Crippen molar-refractivity contribution in [3.05, 3.63) is 215 Å². The van der Waals surface area contributed by atoms with Crippen LogP contribution in [0.5, 0.6) is 0 Å². The van der Waals surface area contributed by atoms with Gasteiger partial charge in [-0.05, 0) is 33.4 Å². The third-order valence-corrected chi connectivity index (χ3v) is 12.0. The Morgan fingerprint density at radius 2 is 0.646 bits per heavy atom. The molecule has 2 N–H and O–H groups in total. The van der Waals surface area contributed by atoms with Gasteiger partial charge in [-0.15, -0.1) is 0 Å². The van der Waals surface area contributed by atoms with Gasteiger partial charge in [0, 0.05) is 6.42 Å². The zero-order chi connectivity index (χ0) is 44.5.